The highest BCUT2D eigenvalue weighted by Gasteiger charge is 2.22. The summed E-state index contributed by atoms with van der Waals surface area (Å²) < 4.78 is 5.14. The third-order valence-corrected chi connectivity index (χ3v) is 4.15. The Balaban J connectivity index is 1.97. The van der Waals surface area contributed by atoms with Crippen LogP contribution < -0.4 is 5.63 Å². The average Bonchev–Trinajstić information content (AvgIpc) is 2.47. The second kappa shape index (κ2) is 5.87. The van der Waals surface area contributed by atoms with Crippen LogP contribution in [0.2, 0.25) is 0 Å². The van der Waals surface area contributed by atoms with Gasteiger partial charge in [-0.15, -0.1) is 0 Å². The quantitative estimate of drug-likeness (QED) is 0.844. The lowest BCUT2D eigenvalue weighted by molar-refractivity contribution is 0.0843. The van der Waals surface area contributed by atoms with Gasteiger partial charge >= 0.3 is 5.63 Å². The predicted molar refractivity (Wildman–Crippen MR) is 79.3 cm³/mol. The summed E-state index contributed by atoms with van der Waals surface area (Å²) in [6.07, 6.45) is 3.22. The number of piperidine rings is 1. The number of nitrogens with zero attached hydrogens (tertiary/aromatic N) is 1. The molecule has 21 heavy (non-hydrogen) atoms. The van der Waals surface area contributed by atoms with E-state index in [0.717, 1.165) is 36.8 Å². The Labute approximate surface area is 122 Å². The van der Waals surface area contributed by atoms with Crippen molar-refractivity contribution in [1.29, 1.82) is 0 Å². The molecule has 0 radical (unpaired) electrons. The lowest BCUT2D eigenvalue weighted by atomic mass is 10.0. The van der Waals surface area contributed by atoms with E-state index >= 15 is 0 Å². The molecule has 2 N–H and O–H groups in total. The molecule has 3 rings (SSSR count). The summed E-state index contributed by atoms with van der Waals surface area (Å²) in [5.74, 6) is 0.0778. The second-order valence-corrected chi connectivity index (χ2v) is 5.57. The minimum absolute atomic E-state index is 0.0778. The van der Waals surface area contributed by atoms with Crippen LogP contribution in [0.4, 0.5) is 0 Å². The number of likely N-dealkylation sites (tertiary alicyclic amines) is 1. The third kappa shape index (κ3) is 2.94. The minimum atomic E-state index is -0.416. The number of aliphatic hydroxyl groups excluding tert-OH is 1. The Morgan fingerprint density at radius 3 is 2.95 bits per heavy atom. The van der Waals surface area contributed by atoms with Gasteiger partial charge in [0.15, 0.2) is 0 Å². The topological polar surface area (TPSA) is 73.9 Å². The zero-order valence-corrected chi connectivity index (χ0v) is 11.8. The zero-order valence-electron chi connectivity index (χ0n) is 11.8. The molecule has 0 bridgehead atoms. The normalized spacial score (nSPS) is 20.0. The van der Waals surface area contributed by atoms with Gasteiger partial charge in [0.2, 0.25) is 0 Å². The molecule has 1 aromatic heterocycles. The van der Waals surface area contributed by atoms with Gasteiger partial charge in [-0.3, -0.25) is 4.90 Å². The molecule has 2 aromatic rings. The number of benzene rings is 1. The molecular formula is C16H19NO4. The fourth-order valence-electron chi connectivity index (χ4n) is 3.04. The minimum Gasteiger partial charge on any atom is -0.508 e. The van der Waals surface area contributed by atoms with E-state index < -0.39 is 5.63 Å². The number of aromatic hydroxyl groups is 1. The fourth-order valence-corrected chi connectivity index (χ4v) is 3.04. The standard InChI is InChI=1S/C16H19NO4/c18-10-12-3-1-2-6-17(12)9-11-7-16(20)21-15-8-13(19)4-5-14(11)15/h4-5,7-8,12,18-19H,1-3,6,9-10H2. The van der Waals surface area contributed by atoms with Crippen LogP contribution >= 0.6 is 0 Å². The van der Waals surface area contributed by atoms with Crippen molar-refractivity contribution in [2.45, 2.75) is 31.8 Å². The van der Waals surface area contributed by atoms with Gasteiger partial charge in [-0.05, 0) is 37.1 Å². The van der Waals surface area contributed by atoms with Crippen molar-refractivity contribution < 1.29 is 14.6 Å². The monoisotopic (exact) mass is 289 g/mol. The summed E-state index contributed by atoms with van der Waals surface area (Å²) in [5, 5.41) is 19.8. The van der Waals surface area contributed by atoms with Crippen molar-refractivity contribution in [1.82, 2.24) is 4.90 Å². The van der Waals surface area contributed by atoms with Gasteiger partial charge in [0.05, 0.1) is 6.61 Å². The number of fused-ring (bicyclic) bond motifs is 1. The van der Waals surface area contributed by atoms with Gasteiger partial charge < -0.3 is 14.6 Å². The fraction of sp³-hybridized carbons (Fsp3) is 0.438. The Hall–Kier alpha value is -1.85. The first kappa shape index (κ1) is 14.1. The van der Waals surface area contributed by atoms with Crippen LogP contribution in [0, 0.1) is 0 Å². The van der Waals surface area contributed by atoms with Crippen molar-refractivity contribution in [3.05, 3.63) is 40.2 Å². The molecule has 112 valence electrons. The molecule has 1 fully saturated rings. The first-order valence-electron chi connectivity index (χ1n) is 7.28. The number of aliphatic hydroxyl groups is 1. The first-order valence-corrected chi connectivity index (χ1v) is 7.28. The van der Waals surface area contributed by atoms with Gasteiger partial charge in [0.1, 0.15) is 11.3 Å². The second-order valence-electron chi connectivity index (χ2n) is 5.57. The van der Waals surface area contributed by atoms with Gasteiger partial charge in [-0.25, -0.2) is 4.79 Å². The molecule has 5 heteroatoms. The molecular weight excluding hydrogens is 270 g/mol. The van der Waals surface area contributed by atoms with Crippen molar-refractivity contribution >= 4 is 11.0 Å². The van der Waals surface area contributed by atoms with Crippen LogP contribution in [0.5, 0.6) is 5.75 Å². The zero-order chi connectivity index (χ0) is 14.8. The van der Waals surface area contributed by atoms with E-state index in [1.54, 1.807) is 12.1 Å². The number of rotatable bonds is 3. The molecule has 0 aliphatic carbocycles. The summed E-state index contributed by atoms with van der Waals surface area (Å²) in [6, 6.07) is 6.47. The molecule has 1 aliphatic rings. The van der Waals surface area contributed by atoms with Crippen LogP contribution in [0.15, 0.2) is 33.5 Å². The molecule has 1 aromatic carbocycles. The maximum atomic E-state index is 11.7. The van der Waals surface area contributed by atoms with Crippen molar-refractivity contribution in [2.24, 2.45) is 0 Å². The molecule has 1 saturated heterocycles. The number of hydrogen-bond acceptors (Lipinski definition) is 5. The highest BCUT2D eigenvalue weighted by atomic mass is 16.4. The van der Waals surface area contributed by atoms with Crippen molar-refractivity contribution in [2.75, 3.05) is 13.2 Å². The molecule has 0 spiro atoms. The van der Waals surface area contributed by atoms with E-state index in [-0.39, 0.29) is 18.4 Å². The molecule has 1 aliphatic heterocycles. The van der Waals surface area contributed by atoms with Gasteiger partial charge in [0, 0.05) is 30.1 Å². The molecule has 1 atom stereocenters. The van der Waals surface area contributed by atoms with Crippen LogP contribution in [-0.2, 0) is 6.54 Å². The molecule has 0 saturated carbocycles. The Bertz CT molecular complexity index is 694. The molecule has 0 amide bonds. The molecule has 1 unspecified atom stereocenters. The number of hydrogen-bond donors (Lipinski definition) is 2. The summed E-state index contributed by atoms with van der Waals surface area (Å²) in [4.78, 5) is 13.9. The smallest absolute Gasteiger partial charge is 0.336 e. The molecule has 5 nitrogen and oxygen atoms in total. The summed E-state index contributed by atoms with van der Waals surface area (Å²) in [7, 11) is 0. The lowest BCUT2D eigenvalue weighted by Gasteiger charge is -2.34. The highest BCUT2D eigenvalue weighted by Crippen LogP contribution is 2.25. The van der Waals surface area contributed by atoms with Gasteiger partial charge in [-0.1, -0.05) is 6.42 Å². The maximum Gasteiger partial charge on any atom is 0.336 e. The van der Waals surface area contributed by atoms with Crippen molar-refractivity contribution in [3.8, 4) is 5.75 Å². The van der Waals surface area contributed by atoms with E-state index in [4.69, 9.17) is 4.42 Å². The van der Waals surface area contributed by atoms with Crippen LogP contribution in [-0.4, -0.2) is 34.3 Å². The summed E-state index contributed by atoms with van der Waals surface area (Å²) >= 11 is 0. The number of phenols is 1. The largest absolute Gasteiger partial charge is 0.508 e. The lowest BCUT2D eigenvalue weighted by Crippen LogP contribution is -2.41. The number of phenolic OH excluding ortho intramolecular Hbond substituents is 1. The SMILES string of the molecule is O=c1cc(CN2CCCCC2CO)c2ccc(O)cc2o1. The van der Waals surface area contributed by atoms with Crippen LogP contribution in [0.1, 0.15) is 24.8 Å². The van der Waals surface area contributed by atoms with E-state index in [1.807, 2.05) is 0 Å². The van der Waals surface area contributed by atoms with Crippen LogP contribution in [0.25, 0.3) is 11.0 Å². The third-order valence-electron chi connectivity index (χ3n) is 4.15. The summed E-state index contributed by atoms with van der Waals surface area (Å²) in [5.41, 5.74) is 0.859. The average molecular weight is 289 g/mol. The van der Waals surface area contributed by atoms with Crippen LogP contribution in [0.3, 0.4) is 0 Å². The Kier molecular flexibility index (Phi) is 3.94. The Morgan fingerprint density at radius 2 is 2.14 bits per heavy atom. The molecule has 2 heterocycles. The van der Waals surface area contributed by atoms with Gasteiger partial charge in [0.25, 0.3) is 0 Å². The van der Waals surface area contributed by atoms with Crippen molar-refractivity contribution in [3.63, 3.8) is 0 Å². The van der Waals surface area contributed by atoms with E-state index in [0.29, 0.717) is 12.1 Å². The maximum absolute atomic E-state index is 11.7. The van der Waals surface area contributed by atoms with E-state index in [1.165, 1.54) is 12.1 Å². The first-order chi connectivity index (χ1) is 10.2. The summed E-state index contributed by atoms with van der Waals surface area (Å²) in [6.45, 7) is 1.67. The van der Waals surface area contributed by atoms with E-state index in [2.05, 4.69) is 4.90 Å². The van der Waals surface area contributed by atoms with Gasteiger partial charge in [-0.2, -0.15) is 0 Å². The highest BCUT2D eigenvalue weighted by molar-refractivity contribution is 5.81. The van der Waals surface area contributed by atoms with E-state index in [9.17, 15) is 15.0 Å². The Morgan fingerprint density at radius 1 is 1.29 bits per heavy atom. The predicted octanol–water partition coefficient (Wildman–Crippen LogP) is 1.85.